The van der Waals surface area contributed by atoms with Crippen LogP contribution in [-0.4, -0.2) is 30.8 Å². The molecule has 18 heavy (non-hydrogen) atoms. The molecule has 0 aromatic carbocycles. The summed E-state index contributed by atoms with van der Waals surface area (Å²) in [6.45, 7) is 9.92. The first-order valence-corrected chi connectivity index (χ1v) is 7.82. The van der Waals surface area contributed by atoms with E-state index in [0.29, 0.717) is 0 Å². The molecule has 2 heteroatoms. The lowest BCUT2D eigenvalue weighted by molar-refractivity contribution is -0.116. The van der Waals surface area contributed by atoms with E-state index in [2.05, 4.69) is 25.7 Å². The summed E-state index contributed by atoms with van der Waals surface area (Å²) >= 11 is 0. The zero-order valence-corrected chi connectivity index (χ0v) is 12.6. The van der Waals surface area contributed by atoms with Crippen LogP contribution in [0.25, 0.3) is 0 Å². The minimum Gasteiger partial charge on any atom is -0.303 e. The maximum absolute atomic E-state index is 11.3. The molecule has 1 fully saturated rings. The van der Waals surface area contributed by atoms with Gasteiger partial charge in [-0.05, 0) is 44.7 Å². The predicted octanol–water partition coefficient (Wildman–Crippen LogP) is 3.89. The van der Waals surface area contributed by atoms with E-state index in [9.17, 15) is 4.79 Å². The number of rotatable bonds is 7. The number of nitrogens with zero attached hydrogens (tertiary/aromatic N) is 1. The molecular weight excluding hydrogens is 222 g/mol. The van der Waals surface area contributed by atoms with E-state index < -0.39 is 0 Å². The van der Waals surface area contributed by atoms with Gasteiger partial charge in [0, 0.05) is 12.0 Å². The Morgan fingerprint density at radius 2 is 2.00 bits per heavy atom. The van der Waals surface area contributed by atoms with Gasteiger partial charge in [0.25, 0.3) is 0 Å². The van der Waals surface area contributed by atoms with Crippen molar-refractivity contribution in [1.29, 1.82) is 0 Å². The third-order valence-corrected chi connectivity index (χ3v) is 4.33. The molecule has 0 N–H and O–H groups in total. The van der Waals surface area contributed by atoms with E-state index in [4.69, 9.17) is 0 Å². The van der Waals surface area contributed by atoms with Crippen LogP contribution in [0.3, 0.4) is 0 Å². The van der Waals surface area contributed by atoms with Crippen molar-refractivity contribution in [2.75, 3.05) is 19.6 Å². The van der Waals surface area contributed by atoms with Gasteiger partial charge < -0.3 is 9.69 Å². The van der Waals surface area contributed by atoms with Gasteiger partial charge >= 0.3 is 0 Å². The number of hydrogen-bond donors (Lipinski definition) is 0. The second-order valence-corrected chi connectivity index (χ2v) is 6.38. The fraction of sp³-hybridized carbons (Fsp3) is 0.938. The quantitative estimate of drug-likeness (QED) is 0.641. The Kier molecular flexibility index (Phi) is 6.91. The molecule has 2 atom stereocenters. The van der Waals surface area contributed by atoms with Crippen molar-refractivity contribution in [3.05, 3.63) is 0 Å². The summed E-state index contributed by atoms with van der Waals surface area (Å²) in [5, 5.41) is 0. The normalized spacial score (nSPS) is 25.4. The highest BCUT2D eigenvalue weighted by atomic mass is 16.1. The van der Waals surface area contributed by atoms with E-state index in [1.54, 1.807) is 0 Å². The second kappa shape index (κ2) is 7.93. The lowest BCUT2D eigenvalue weighted by Gasteiger charge is -2.30. The fourth-order valence-corrected chi connectivity index (χ4v) is 3.34. The highest BCUT2D eigenvalue weighted by molar-refractivity contribution is 5.58. The minimum atomic E-state index is -0.126. The first kappa shape index (κ1) is 15.7. The standard InChI is InChI=1S/C16H31NO/c1-4-7-15-8-6-11-17(12-9-15)13-16(3,14-18)10-5-2/h14-15H,4-13H2,1-3H3. The monoisotopic (exact) mass is 253 g/mol. The highest BCUT2D eigenvalue weighted by Gasteiger charge is 2.27. The van der Waals surface area contributed by atoms with Crippen LogP contribution >= 0.6 is 0 Å². The largest absolute Gasteiger partial charge is 0.303 e. The molecule has 1 aliphatic rings. The van der Waals surface area contributed by atoms with Gasteiger partial charge in [-0.2, -0.15) is 0 Å². The van der Waals surface area contributed by atoms with Crippen LogP contribution < -0.4 is 0 Å². The molecule has 1 aliphatic heterocycles. The maximum atomic E-state index is 11.3. The number of carbonyl (C=O) groups excluding carboxylic acids is 1. The van der Waals surface area contributed by atoms with Crippen LogP contribution in [0, 0.1) is 11.3 Å². The first-order valence-electron chi connectivity index (χ1n) is 7.82. The lowest BCUT2D eigenvalue weighted by Crippen LogP contribution is -2.37. The number of likely N-dealkylation sites (tertiary alicyclic amines) is 1. The summed E-state index contributed by atoms with van der Waals surface area (Å²) in [6.07, 6.45) is 10.0. The molecule has 1 rings (SSSR count). The average Bonchev–Trinajstić information content (AvgIpc) is 2.56. The van der Waals surface area contributed by atoms with Crippen LogP contribution in [0.1, 0.15) is 65.7 Å². The maximum Gasteiger partial charge on any atom is 0.127 e. The van der Waals surface area contributed by atoms with Crippen molar-refractivity contribution in [2.45, 2.75) is 65.7 Å². The summed E-state index contributed by atoms with van der Waals surface area (Å²) in [6, 6.07) is 0. The molecule has 0 bridgehead atoms. The zero-order valence-electron chi connectivity index (χ0n) is 12.6. The van der Waals surface area contributed by atoms with Crippen molar-refractivity contribution in [1.82, 2.24) is 4.90 Å². The fourth-order valence-electron chi connectivity index (χ4n) is 3.34. The van der Waals surface area contributed by atoms with Crippen LogP contribution in [0.5, 0.6) is 0 Å². The van der Waals surface area contributed by atoms with Gasteiger partial charge in [0.2, 0.25) is 0 Å². The molecule has 2 unspecified atom stereocenters. The van der Waals surface area contributed by atoms with Gasteiger partial charge in [0.05, 0.1) is 0 Å². The van der Waals surface area contributed by atoms with Crippen LogP contribution in [0.4, 0.5) is 0 Å². The Morgan fingerprint density at radius 3 is 2.61 bits per heavy atom. The molecule has 0 aliphatic carbocycles. The lowest BCUT2D eigenvalue weighted by atomic mass is 9.86. The molecule has 0 aromatic heterocycles. The van der Waals surface area contributed by atoms with Gasteiger partial charge in [-0.3, -0.25) is 0 Å². The molecule has 1 saturated heterocycles. The van der Waals surface area contributed by atoms with E-state index >= 15 is 0 Å². The third kappa shape index (κ3) is 5.09. The van der Waals surface area contributed by atoms with Crippen LogP contribution in [0.2, 0.25) is 0 Å². The van der Waals surface area contributed by atoms with Crippen molar-refractivity contribution >= 4 is 6.29 Å². The average molecular weight is 253 g/mol. The van der Waals surface area contributed by atoms with Gasteiger partial charge in [0.15, 0.2) is 0 Å². The SMILES string of the molecule is CCCC1CCCN(CC(C)(C=O)CCC)CC1. The smallest absolute Gasteiger partial charge is 0.127 e. The molecule has 1 heterocycles. The Bertz CT molecular complexity index is 241. The van der Waals surface area contributed by atoms with Gasteiger partial charge in [-0.15, -0.1) is 0 Å². The highest BCUT2D eigenvalue weighted by Crippen LogP contribution is 2.26. The Morgan fingerprint density at radius 1 is 1.22 bits per heavy atom. The van der Waals surface area contributed by atoms with Crippen molar-refractivity contribution < 1.29 is 4.79 Å². The van der Waals surface area contributed by atoms with Crippen molar-refractivity contribution in [3.8, 4) is 0 Å². The number of carbonyl (C=O) groups is 1. The predicted molar refractivity (Wildman–Crippen MR) is 77.8 cm³/mol. The second-order valence-electron chi connectivity index (χ2n) is 6.38. The van der Waals surface area contributed by atoms with Crippen LogP contribution in [-0.2, 0) is 4.79 Å². The summed E-state index contributed by atoms with van der Waals surface area (Å²) in [4.78, 5) is 13.8. The molecule has 0 amide bonds. The van der Waals surface area contributed by atoms with Gasteiger partial charge in [-0.1, -0.05) is 40.0 Å². The minimum absolute atomic E-state index is 0.126. The number of hydrogen-bond acceptors (Lipinski definition) is 2. The third-order valence-electron chi connectivity index (χ3n) is 4.33. The molecule has 0 saturated carbocycles. The van der Waals surface area contributed by atoms with E-state index in [1.807, 2.05) is 0 Å². The Balaban J connectivity index is 2.45. The number of aldehydes is 1. The van der Waals surface area contributed by atoms with E-state index in [0.717, 1.165) is 25.3 Å². The van der Waals surface area contributed by atoms with Crippen molar-refractivity contribution in [2.24, 2.45) is 11.3 Å². The zero-order chi connectivity index (χ0) is 13.4. The van der Waals surface area contributed by atoms with Gasteiger partial charge in [-0.25, -0.2) is 0 Å². The molecule has 0 radical (unpaired) electrons. The topological polar surface area (TPSA) is 20.3 Å². The molecule has 0 aromatic rings. The molecule has 0 spiro atoms. The molecule has 2 nitrogen and oxygen atoms in total. The molecular formula is C16H31NO. The first-order chi connectivity index (χ1) is 8.63. The van der Waals surface area contributed by atoms with Gasteiger partial charge in [0.1, 0.15) is 6.29 Å². The van der Waals surface area contributed by atoms with Crippen molar-refractivity contribution in [3.63, 3.8) is 0 Å². The Hall–Kier alpha value is -0.370. The summed E-state index contributed by atoms with van der Waals surface area (Å²) in [7, 11) is 0. The summed E-state index contributed by atoms with van der Waals surface area (Å²) in [5.74, 6) is 0.925. The van der Waals surface area contributed by atoms with E-state index in [-0.39, 0.29) is 5.41 Å². The molecule has 106 valence electrons. The summed E-state index contributed by atoms with van der Waals surface area (Å²) in [5.41, 5.74) is -0.126. The Labute approximate surface area is 113 Å². The van der Waals surface area contributed by atoms with E-state index in [1.165, 1.54) is 51.5 Å². The van der Waals surface area contributed by atoms with Crippen LogP contribution in [0.15, 0.2) is 0 Å². The summed E-state index contributed by atoms with van der Waals surface area (Å²) < 4.78 is 0.